The molecule has 1 aromatic carbocycles. The Bertz CT molecular complexity index is 507. The zero-order chi connectivity index (χ0) is 14.7. The van der Waals surface area contributed by atoms with Crippen molar-refractivity contribution in [3.05, 3.63) is 35.4 Å². The van der Waals surface area contributed by atoms with Crippen molar-refractivity contribution < 1.29 is 0 Å². The van der Waals surface area contributed by atoms with Crippen molar-refractivity contribution in [1.82, 2.24) is 4.90 Å². The number of nitrogens with two attached hydrogens (primary N) is 1. The van der Waals surface area contributed by atoms with Gasteiger partial charge < -0.3 is 10.6 Å². The summed E-state index contributed by atoms with van der Waals surface area (Å²) in [4.78, 5) is 2.55. The van der Waals surface area contributed by atoms with Crippen LogP contribution in [0.15, 0.2) is 24.3 Å². The fourth-order valence-electron chi connectivity index (χ4n) is 3.93. The van der Waals surface area contributed by atoms with E-state index in [0.717, 1.165) is 58.2 Å². The van der Waals surface area contributed by atoms with Crippen LogP contribution in [0.3, 0.4) is 0 Å². The Morgan fingerprint density at radius 2 is 1.90 bits per heavy atom. The molecule has 2 N–H and O–H groups in total. The first-order valence-electron chi connectivity index (χ1n) is 8.20. The molecule has 3 heteroatoms. The standard InChI is InChI=1S/C18H25N3/c19-14-18(20)10-3-6-17(18)9-13-21-11-7-15-4-1-2-5-16(15)8-12-21/h1-2,4-5,17H,3,6-13,20H2. The molecule has 0 spiro atoms. The van der Waals surface area contributed by atoms with Crippen LogP contribution in [0, 0.1) is 17.2 Å². The molecule has 1 aliphatic carbocycles. The predicted octanol–water partition coefficient (Wildman–Crippen LogP) is 2.50. The Balaban J connectivity index is 1.55. The van der Waals surface area contributed by atoms with E-state index < -0.39 is 5.54 Å². The van der Waals surface area contributed by atoms with Gasteiger partial charge in [-0.1, -0.05) is 30.7 Å². The summed E-state index contributed by atoms with van der Waals surface area (Å²) in [6.45, 7) is 3.35. The van der Waals surface area contributed by atoms with E-state index in [4.69, 9.17) is 5.73 Å². The molecule has 3 rings (SSSR count). The van der Waals surface area contributed by atoms with Crippen LogP contribution in [-0.2, 0) is 12.8 Å². The van der Waals surface area contributed by atoms with E-state index in [1.807, 2.05) is 0 Å². The molecule has 0 saturated heterocycles. The molecule has 2 aliphatic rings. The fraction of sp³-hybridized carbons (Fsp3) is 0.611. The number of fused-ring (bicyclic) bond motifs is 1. The topological polar surface area (TPSA) is 53.1 Å². The monoisotopic (exact) mass is 283 g/mol. The zero-order valence-electron chi connectivity index (χ0n) is 12.7. The average Bonchev–Trinajstić information content (AvgIpc) is 2.76. The van der Waals surface area contributed by atoms with Gasteiger partial charge in [-0.15, -0.1) is 0 Å². The van der Waals surface area contributed by atoms with Gasteiger partial charge in [-0.3, -0.25) is 0 Å². The highest BCUT2D eigenvalue weighted by molar-refractivity contribution is 5.28. The van der Waals surface area contributed by atoms with Crippen molar-refractivity contribution in [2.75, 3.05) is 19.6 Å². The highest BCUT2D eigenvalue weighted by Crippen LogP contribution is 2.35. The van der Waals surface area contributed by atoms with E-state index in [-0.39, 0.29) is 0 Å². The van der Waals surface area contributed by atoms with E-state index in [1.54, 1.807) is 0 Å². The first-order chi connectivity index (χ1) is 10.2. The van der Waals surface area contributed by atoms with Crippen LogP contribution in [0.4, 0.5) is 0 Å². The minimum absolute atomic E-state index is 0.383. The van der Waals surface area contributed by atoms with Gasteiger partial charge in [-0.25, -0.2) is 0 Å². The quantitative estimate of drug-likeness (QED) is 0.927. The van der Waals surface area contributed by atoms with Crippen LogP contribution in [-0.4, -0.2) is 30.1 Å². The van der Waals surface area contributed by atoms with Crippen molar-refractivity contribution in [2.45, 2.75) is 44.1 Å². The zero-order valence-corrected chi connectivity index (χ0v) is 12.7. The Morgan fingerprint density at radius 3 is 2.52 bits per heavy atom. The Kier molecular flexibility index (Phi) is 4.28. The van der Waals surface area contributed by atoms with Crippen molar-refractivity contribution in [2.24, 2.45) is 11.7 Å². The number of nitriles is 1. The SMILES string of the molecule is N#CC1(N)CCCC1CCN1CCc2ccccc2CC1. The molecule has 3 nitrogen and oxygen atoms in total. The van der Waals surface area contributed by atoms with Crippen LogP contribution in [0.2, 0.25) is 0 Å². The van der Waals surface area contributed by atoms with Gasteiger partial charge in [0.05, 0.1) is 6.07 Å². The van der Waals surface area contributed by atoms with Gasteiger partial charge in [0.15, 0.2) is 0 Å². The lowest BCUT2D eigenvalue weighted by Gasteiger charge is -2.27. The van der Waals surface area contributed by atoms with E-state index in [2.05, 4.69) is 35.2 Å². The molecular formula is C18H25N3. The first-order valence-corrected chi connectivity index (χ1v) is 8.20. The molecule has 0 aromatic heterocycles. The molecule has 2 unspecified atom stereocenters. The van der Waals surface area contributed by atoms with Gasteiger partial charge >= 0.3 is 0 Å². The number of hydrogen-bond acceptors (Lipinski definition) is 3. The second kappa shape index (κ2) is 6.17. The molecule has 0 bridgehead atoms. The molecule has 1 aromatic rings. The third-order valence-electron chi connectivity index (χ3n) is 5.39. The van der Waals surface area contributed by atoms with Crippen LogP contribution in [0.5, 0.6) is 0 Å². The lowest BCUT2D eigenvalue weighted by Crippen LogP contribution is -2.43. The molecule has 112 valence electrons. The lowest BCUT2D eigenvalue weighted by atomic mass is 9.87. The van der Waals surface area contributed by atoms with Crippen molar-refractivity contribution in [3.63, 3.8) is 0 Å². The van der Waals surface area contributed by atoms with Gasteiger partial charge in [-0.05, 0) is 55.7 Å². The van der Waals surface area contributed by atoms with Crippen LogP contribution < -0.4 is 5.73 Å². The smallest absolute Gasteiger partial charge is 0.107 e. The minimum Gasteiger partial charge on any atom is -0.313 e. The molecule has 0 radical (unpaired) electrons. The van der Waals surface area contributed by atoms with E-state index in [0.29, 0.717) is 5.92 Å². The average molecular weight is 283 g/mol. The maximum Gasteiger partial charge on any atom is 0.107 e. The molecule has 1 saturated carbocycles. The third kappa shape index (κ3) is 3.12. The van der Waals surface area contributed by atoms with Gasteiger partial charge in [0, 0.05) is 13.1 Å². The summed E-state index contributed by atoms with van der Waals surface area (Å²) in [6, 6.07) is 11.2. The van der Waals surface area contributed by atoms with Gasteiger partial charge in [-0.2, -0.15) is 5.26 Å². The van der Waals surface area contributed by atoms with E-state index >= 15 is 0 Å². The van der Waals surface area contributed by atoms with E-state index in [1.165, 1.54) is 11.1 Å². The molecule has 1 fully saturated rings. The fourth-order valence-corrected chi connectivity index (χ4v) is 3.93. The molecule has 1 heterocycles. The number of nitrogens with zero attached hydrogens (tertiary/aromatic N) is 2. The molecule has 21 heavy (non-hydrogen) atoms. The van der Waals surface area contributed by atoms with Gasteiger partial charge in [0.2, 0.25) is 0 Å². The summed E-state index contributed by atoms with van der Waals surface area (Å²) in [7, 11) is 0. The second-order valence-corrected chi connectivity index (χ2v) is 6.64. The predicted molar refractivity (Wildman–Crippen MR) is 84.8 cm³/mol. The maximum absolute atomic E-state index is 9.31. The maximum atomic E-state index is 9.31. The summed E-state index contributed by atoms with van der Waals surface area (Å²) in [5.74, 6) is 0.383. The van der Waals surface area contributed by atoms with E-state index in [9.17, 15) is 5.26 Å². The summed E-state index contributed by atoms with van der Waals surface area (Å²) in [6.07, 6.45) is 6.47. The highest BCUT2D eigenvalue weighted by Gasteiger charge is 2.39. The van der Waals surface area contributed by atoms with Crippen molar-refractivity contribution >= 4 is 0 Å². The highest BCUT2D eigenvalue weighted by atomic mass is 15.1. The Morgan fingerprint density at radius 1 is 1.24 bits per heavy atom. The Labute approximate surface area is 127 Å². The normalized spacial score (nSPS) is 29.6. The minimum atomic E-state index is -0.561. The largest absolute Gasteiger partial charge is 0.313 e. The number of benzene rings is 1. The molecule has 2 atom stereocenters. The number of hydrogen-bond donors (Lipinski definition) is 1. The van der Waals surface area contributed by atoms with Crippen LogP contribution >= 0.6 is 0 Å². The first kappa shape index (κ1) is 14.6. The summed E-state index contributed by atoms with van der Waals surface area (Å²) in [5, 5.41) is 9.31. The van der Waals surface area contributed by atoms with Crippen LogP contribution in [0.25, 0.3) is 0 Å². The molecule has 1 aliphatic heterocycles. The molecular weight excluding hydrogens is 258 g/mol. The van der Waals surface area contributed by atoms with Crippen molar-refractivity contribution in [3.8, 4) is 6.07 Å². The van der Waals surface area contributed by atoms with Gasteiger partial charge in [0.25, 0.3) is 0 Å². The van der Waals surface area contributed by atoms with Crippen molar-refractivity contribution in [1.29, 1.82) is 5.26 Å². The van der Waals surface area contributed by atoms with Gasteiger partial charge in [0.1, 0.15) is 5.54 Å². The summed E-state index contributed by atoms with van der Waals surface area (Å²) < 4.78 is 0. The Hall–Kier alpha value is -1.37. The lowest BCUT2D eigenvalue weighted by molar-refractivity contribution is 0.245. The second-order valence-electron chi connectivity index (χ2n) is 6.64. The molecule has 0 amide bonds. The summed E-state index contributed by atoms with van der Waals surface area (Å²) in [5.41, 5.74) is 8.69. The van der Waals surface area contributed by atoms with Crippen LogP contribution in [0.1, 0.15) is 36.8 Å². The third-order valence-corrected chi connectivity index (χ3v) is 5.39. The summed E-state index contributed by atoms with van der Waals surface area (Å²) >= 11 is 0. The number of rotatable bonds is 3.